The lowest BCUT2D eigenvalue weighted by Crippen LogP contribution is -2.57. The van der Waals surface area contributed by atoms with E-state index in [9.17, 15) is 9.59 Å². The van der Waals surface area contributed by atoms with Gasteiger partial charge in [0.25, 0.3) is 0 Å². The molecule has 122 valence electrons. The van der Waals surface area contributed by atoms with E-state index < -0.39 is 30.4 Å². The number of carbonyl (C=O) groups is 2. The van der Waals surface area contributed by atoms with Crippen LogP contribution < -0.4 is 0 Å². The van der Waals surface area contributed by atoms with E-state index in [0.29, 0.717) is 6.42 Å². The highest BCUT2D eigenvalue weighted by Crippen LogP contribution is 2.32. The smallest absolute Gasteiger partial charge is 0.303 e. The Morgan fingerprint density at radius 1 is 1.14 bits per heavy atom. The lowest BCUT2D eigenvalue weighted by molar-refractivity contribution is -0.291. The van der Waals surface area contributed by atoms with Gasteiger partial charge in [-0.1, -0.05) is 13.8 Å². The van der Waals surface area contributed by atoms with Crippen molar-refractivity contribution in [1.82, 2.24) is 0 Å². The number of ether oxygens (including phenoxy) is 4. The number of hydrogen-bond acceptors (Lipinski definition) is 7. The van der Waals surface area contributed by atoms with Crippen LogP contribution in [-0.2, 0) is 28.5 Å². The Morgan fingerprint density at radius 2 is 1.71 bits per heavy atom. The number of aliphatic hydroxyl groups is 1. The molecule has 1 heterocycles. The summed E-state index contributed by atoms with van der Waals surface area (Å²) in [6.07, 6.45) is -1.86. The fourth-order valence-corrected chi connectivity index (χ4v) is 2.49. The molecule has 1 fully saturated rings. The Hall–Kier alpha value is -1.18. The maximum atomic E-state index is 11.3. The second-order valence-corrected chi connectivity index (χ2v) is 5.05. The van der Waals surface area contributed by atoms with E-state index in [2.05, 4.69) is 0 Å². The van der Waals surface area contributed by atoms with Crippen LogP contribution >= 0.6 is 0 Å². The van der Waals surface area contributed by atoms with Crippen molar-refractivity contribution in [3.63, 3.8) is 0 Å². The molecule has 0 aromatic heterocycles. The van der Waals surface area contributed by atoms with Crippen molar-refractivity contribution in [3.8, 4) is 0 Å². The van der Waals surface area contributed by atoms with Gasteiger partial charge >= 0.3 is 11.9 Å². The van der Waals surface area contributed by atoms with Crippen molar-refractivity contribution in [2.45, 2.75) is 58.7 Å². The quantitative estimate of drug-likeness (QED) is 0.720. The van der Waals surface area contributed by atoms with Gasteiger partial charge in [0.15, 0.2) is 12.4 Å². The molecule has 0 aliphatic carbocycles. The monoisotopic (exact) mass is 304 g/mol. The molecule has 1 saturated heterocycles. The topological polar surface area (TPSA) is 91.3 Å². The molecule has 0 aromatic carbocycles. The molecule has 5 atom stereocenters. The van der Waals surface area contributed by atoms with Gasteiger partial charge in [0, 0.05) is 19.8 Å². The zero-order chi connectivity index (χ0) is 16.0. The lowest BCUT2D eigenvalue weighted by Gasteiger charge is -2.43. The predicted molar refractivity (Wildman–Crippen MR) is 72.3 cm³/mol. The van der Waals surface area contributed by atoms with E-state index in [4.69, 9.17) is 24.1 Å². The molecule has 0 radical (unpaired) electrons. The normalized spacial score (nSPS) is 32.5. The molecule has 0 aromatic rings. The number of hydrogen-bond donors (Lipinski definition) is 1. The van der Waals surface area contributed by atoms with Crippen LogP contribution in [0.2, 0.25) is 0 Å². The minimum atomic E-state index is -0.869. The molecule has 0 amide bonds. The van der Waals surface area contributed by atoms with Crippen molar-refractivity contribution < 1.29 is 33.6 Å². The first kappa shape index (κ1) is 17.9. The highest BCUT2D eigenvalue weighted by Gasteiger charge is 2.47. The first-order valence-electron chi connectivity index (χ1n) is 7.13. The van der Waals surface area contributed by atoms with Crippen LogP contribution in [0.1, 0.15) is 34.1 Å². The second-order valence-electron chi connectivity index (χ2n) is 5.05. The number of rotatable bonds is 6. The zero-order valence-electron chi connectivity index (χ0n) is 12.9. The average molecular weight is 304 g/mol. The Labute approximate surface area is 124 Å². The van der Waals surface area contributed by atoms with E-state index in [-0.39, 0.29) is 25.2 Å². The van der Waals surface area contributed by atoms with Crippen molar-refractivity contribution >= 4 is 11.9 Å². The van der Waals surface area contributed by atoms with Gasteiger partial charge in [-0.3, -0.25) is 9.59 Å². The molecule has 21 heavy (non-hydrogen) atoms. The SMILES string of the molecule is CC[C@H]1OC(OCCO)[C@H](OC(C)=O)[C@@H](OC(C)=O)[C@@H]1C. The summed E-state index contributed by atoms with van der Waals surface area (Å²) in [6.45, 7) is 6.25. The summed E-state index contributed by atoms with van der Waals surface area (Å²) < 4.78 is 21.7. The highest BCUT2D eigenvalue weighted by molar-refractivity contribution is 5.67. The van der Waals surface area contributed by atoms with E-state index in [1.165, 1.54) is 13.8 Å². The first-order chi connectivity index (χ1) is 9.90. The summed E-state index contributed by atoms with van der Waals surface area (Å²) in [6, 6.07) is 0. The second kappa shape index (κ2) is 8.31. The lowest BCUT2D eigenvalue weighted by atomic mass is 9.89. The van der Waals surface area contributed by atoms with Gasteiger partial charge in [-0.25, -0.2) is 0 Å². The van der Waals surface area contributed by atoms with Gasteiger partial charge in [-0.15, -0.1) is 0 Å². The van der Waals surface area contributed by atoms with E-state index in [1.807, 2.05) is 13.8 Å². The van der Waals surface area contributed by atoms with Crippen molar-refractivity contribution in [2.24, 2.45) is 5.92 Å². The Kier molecular flexibility index (Phi) is 7.07. The van der Waals surface area contributed by atoms with Crippen LogP contribution in [-0.4, -0.2) is 54.9 Å². The maximum absolute atomic E-state index is 11.3. The van der Waals surface area contributed by atoms with E-state index in [0.717, 1.165) is 0 Å². The molecule has 0 spiro atoms. The third-order valence-electron chi connectivity index (χ3n) is 3.39. The molecule has 1 aliphatic heterocycles. The van der Waals surface area contributed by atoms with E-state index in [1.54, 1.807) is 0 Å². The molecule has 7 nitrogen and oxygen atoms in total. The molecular formula is C14H24O7. The summed E-state index contributed by atoms with van der Waals surface area (Å²) in [4.78, 5) is 22.6. The molecule has 1 rings (SSSR count). The zero-order valence-corrected chi connectivity index (χ0v) is 12.9. The molecule has 0 saturated carbocycles. The number of esters is 2. The Morgan fingerprint density at radius 3 is 2.19 bits per heavy atom. The van der Waals surface area contributed by atoms with Crippen molar-refractivity contribution in [3.05, 3.63) is 0 Å². The Balaban J connectivity index is 2.97. The van der Waals surface area contributed by atoms with Gasteiger partial charge in [0.1, 0.15) is 6.10 Å². The highest BCUT2D eigenvalue weighted by atomic mass is 16.7. The predicted octanol–water partition coefficient (Wildman–Crippen LogP) is 0.630. The number of aliphatic hydroxyl groups excluding tert-OH is 1. The molecule has 1 unspecified atom stereocenters. The van der Waals surface area contributed by atoms with Gasteiger partial charge in [0.2, 0.25) is 0 Å². The van der Waals surface area contributed by atoms with Crippen LogP contribution in [0.25, 0.3) is 0 Å². The minimum absolute atomic E-state index is 0.0417. The molecule has 7 heteroatoms. The molecule has 1 N–H and O–H groups in total. The molecule has 1 aliphatic rings. The fraction of sp³-hybridized carbons (Fsp3) is 0.857. The minimum Gasteiger partial charge on any atom is -0.458 e. The fourth-order valence-electron chi connectivity index (χ4n) is 2.49. The van der Waals surface area contributed by atoms with Crippen LogP contribution in [0.3, 0.4) is 0 Å². The third kappa shape index (κ3) is 4.94. The molecule has 0 bridgehead atoms. The summed E-state index contributed by atoms with van der Waals surface area (Å²) >= 11 is 0. The third-order valence-corrected chi connectivity index (χ3v) is 3.39. The summed E-state index contributed by atoms with van der Waals surface area (Å²) in [5.41, 5.74) is 0. The first-order valence-corrected chi connectivity index (χ1v) is 7.13. The van der Waals surface area contributed by atoms with Crippen LogP contribution in [0.15, 0.2) is 0 Å². The van der Waals surface area contributed by atoms with Crippen LogP contribution in [0, 0.1) is 5.92 Å². The van der Waals surface area contributed by atoms with Crippen molar-refractivity contribution in [1.29, 1.82) is 0 Å². The largest absolute Gasteiger partial charge is 0.458 e. The maximum Gasteiger partial charge on any atom is 0.303 e. The number of carbonyl (C=O) groups excluding carboxylic acids is 2. The van der Waals surface area contributed by atoms with Gasteiger partial charge in [-0.2, -0.15) is 0 Å². The van der Waals surface area contributed by atoms with Gasteiger partial charge < -0.3 is 24.1 Å². The summed E-state index contributed by atoms with van der Waals surface area (Å²) in [5.74, 6) is -1.11. The van der Waals surface area contributed by atoms with Crippen LogP contribution in [0.4, 0.5) is 0 Å². The van der Waals surface area contributed by atoms with Gasteiger partial charge in [0.05, 0.1) is 19.3 Å². The molecular weight excluding hydrogens is 280 g/mol. The average Bonchev–Trinajstić information content (AvgIpc) is 2.41. The van der Waals surface area contributed by atoms with Gasteiger partial charge in [-0.05, 0) is 6.42 Å². The Bertz CT molecular complexity index is 357. The standard InChI is InChI=1S/C14H24O7/c1-5-11-8(2)12(19-9(3)16)13(20-10(4)17)14(21-11)18-7-6-15/h8,11-15H,5-7H2,1-4H3/t8-,11-,12+,13-,14?/m1/s1. The summed E-state index contributed by atoms with van der Waals surface area (Å²) in [7, 11) is 0. The van der Waals surface area contributed by atoms with Crippen LogP contribution in [0.5, 0.6) is 0 Å². The summed E-state index contributed by atoms with van der Waals surface area (Å²) in [5, 5.41) is 8.88. The van der Waals surface area contributed by atoms with Crippen molar-refractivity contribution in [2.75, 3.05) is 13.2 Å². The van der Waals surface area contributed by atoms with E-state index >= 15 is 0 Å².